The van der Waals surface area contributed by atoms with E-state index in [1.165, 1.54) is 57.8 Å². The van der Waals surface area contributed by atoms with E-state index < -0.39 is 11.9 Å². The third-order valence-electron chi connectivity index (χ3n) is 4.63. The zero-order valence-corrected chi connectivity index (χ0v) is 15.6. The minimum absolute atomic E-state index is 0.435. The Labute approximate surface area is 147 Å². The molecule has 1 rings (SSSR count). The van der Waals surface area contributed by atoms with Gasteiger partial charge in [0.15, 0.2) is 0 Å². The fraction of sp³-hybridized carbons (Fsp3) is 0.714. The van der Waals surface area contributed by atoms with E-state index in [4.69, 9.17) is 0 Å². The Kier molecular flexibility index (Phi) is 11.2. The third-order valence-corrected chi connectivity index (χ3v) is 4.63. The van der Waals surface area contributed by atoms with Crippen molar-refractivity contribution in [2.24, 2.45) is 0 Å². The van der Waals surface area contributed by atoms with Crippen LogP contribution in [-0.4, -0.2) is 11.9 Å². The van der Waals surface area contributed by atoms with Crippen LogP contribution >= 0.6 is 0 Å². The molecule has 0 atom stereocenters. The van der Waals surface area contributed by atoms with Crippen LogP contribution in [0.5, 0.6) is 0 Å². The fourth-order valence-electron chi connectivity index (χ4n) is 2.98. The van der Waals surface area contributed by atoms with Crippen molar-refractivity contribution in [2.45, 2.75) is 97.3 Å². The average Bonchev–Trinajstić information content (AvgIpc) is 2.81. The molecule has 0 aromatic carbocycles. The number of cyclic esters (lactones) is 2. The maximum absolute atomic E-state index is 11.5. The Balaban J connectivity index is 1.91. The largest absolute Gasteiger partial charge is 0.386 e. The summed E-state index contributed by atoms with van der Waals surface area (Å²) < 4.78 is 4.59. The summed E-state index contributed by atoms with van der Waals surface area (Å²) in [4.78, 5) is 22.7. The number of unbranched alkanes of at least 4 members (excludes halogenated alkanes) is 10. The Morgan fingerprint density at radius 2 is 1.29 bits per heavy atom. The molecule has 1 heterocycles. The SMILES string of the molecule is CCCCCCCC/C=C\CCCCCCC1=C(C)C(=O)OC1=O. The van der Waals surface area contributed by atoms with Gasteiger partial charge in [-0.1, -0.05) is 64.0 Å². The van der Waals surface area contributed by atoms with Crippen molar-refractivity contribution in [3.05, 3.63) is 23.3 Å². The normalized spacial score (nSPS) is 14.9. The number of carbonyl (C=O) groups excluding carboxylic acids is 2. The van der Waals surface area contributed by atoms with Crippen molar-refractivity contribution < 1.29 is 14.3 Å². The lowest BCUT2D eigenvalue weighted by molar-refractivity contribution is -0.151. The van der Waals surface area contributed by atoms with Gasteiger partial charge in [0.05, 0.1) is 0 Å². The average molecular weight is 335 g/mol. The smallest absolute Gasteiger partial charge is 0.342 e. The summed E-state index contributed by atoms with van der Waals surface area (Å²) in [6.07, 6.45) is 20.3. The van der Waals surface area contributed by atoms with Crippen LogP contribution in [0, 0.1) is 0 Å². The molecule has 0 amide bonds. The van der Waals surface area contributed by atoms with E-state index in [9.17, 15) is 9.59 Å². The van der Waals surface area contributed by atoms with Crippen molar-refractivity contribution >= 4 is 11.9 Å². The van der Waals surface area contributed by atoms with Gasteiger partial charge in [-0.2, -0.15) is 0 Å². The molecule has 0 saturated carbocycles. The second kappa shape index (κ2) is 13.0. The van der Waals surface area contributed by atoms with Gasteiger partial charge in [-0.05, 0) is 45.4 Å². The molecule has 136 valence electrons. The van der Waals surface area contributed by atoms with Crippen molar-refractivity contribution in [3.63, 3.8) is 0 Å². The quantitative estimate of drug-likeness (QED) is 0.168. The monoisotopic (exact) mass is 334 g/mol. The number of allylic oxidation sites excluding steroid dienone is 2. The molecule has 0 bridgehead atoms. The van der Waals surface area contributed by atoms with Gasteiger partial charge in [0, 0.05) is 11.1 Å². The maximum Gasteiger partial charge on any atom is 0.342 e. The highest BCUT2D eigenvalue weighted by Crippen LogP contribution is 2.22. The Morgan fingerprint density at radius 1 is 0.750 bits per heavy atom. The molecule has 0 N–H and O–H groups in total. The number of hydrogen-bond donors (Lipinski definition) is 0. The number of carbonyl (C=O) groups is 2. The van der Waals surface area contributed by atoms with Crippen LogP contribution in [0.3, 0.4) is 0 Å². The van der Waals surface area contributed by atoms with Crippen LogP contribution in [0.2, 0.25) is 0 Å². The van der Waals surface area contributed by atoms with Gasteiger partial charge in [-0.25, -0.2) is 9.59 Å². The van der Waals surface area contributed by atoms with Gasteiger partial charge in [0.1, 0.15) is 0 Å². The summed E-state index contributed by atoms with van der Waals surface area (Å²) in [5.74, 6) is -0.902. The lowest BCUT2D eigenvalue weighted by Crippen LogP contribution is -2.01. The molecule has 0 fully saturated rings. The van der Waals surface area contributed by atoms with Crippen LogP contribution in [0.1, 0.15) is 97.3 Å². The molecule has 3 heteroatoms. The van der Waals surface area contributed by atoms with Crippen molar-refractivity contribution in [1.82, 2.24) is 0 Å². The molecule has 0 spiro atoms. The third kappa shape index (κ3) is 8.47. The first-order valence-electron chi connectivity index (χ1n) is 9.78. The summed E-state index contributed by atoms with van der Waals surface area (Å²) in [7, 11) is 0. The summed E-state index contributed by atoms with van der Waals surface area (Å²) in [6.45, 7) is 3.93. The summed E-state index contributed by atoms with van der Waals surface area (Å²) >= 11 is 0. The molecule has 24 heavy (non-hydrogen) atoms. The van der Waals surface area contributed by atoms with E-state index in [2.05, 4.69) is 23.8 Å². The van der Waals surface area contributed by atoms with Gasteiger partial charge < -0.3 is 4.74 Å². The van der Waals surface area contributed by atoms with Gasteiger partial charge in [-0.3, -0.25) is 0 Å². The first-order chi connectivity index (χ1) is 11.7. The lowest BCUT2D eigenvalue weighted by Gasteiger charge is -2.00. The minimum atomic E-state index is -0.467. The highest BCUT2D eigenvalue weighted by molar-refractivity contribution is 6.11. The topological polar surface area (TPSA) is 43.4 Å². The highest BCUT2D eigenvalue weighted by Gasteiger charge is 2.28. The van der Waals surface area contributed by atoms with E-state index in [0.29, 0.717) is 17.6 Å². The van der Waals surface area contributed by atoms with Gasteiger partial charge in [-0.15, -0.1) is 0 Å². The fourth-order valence-corrected chi connectivity index (χ4v) is 2.98. The van der Waals surface area contributed by atoms with Gasteiger partial charge in [0.25, 0.3) is 0 Å². The minimum Gasteiger partial charge on any atom is -0.386 e. The van der Waals surface area contributed by atoms with E-state index in [1.54, 1.807) is 6.92 Å². The second-order valence-electron chi connectivity index (χ2n) is 6.76. The van der Waals surface area contributed by atoms with E-state index >= 15 is 0 Å². The van der Waals surface area contributed by atoms with Crippen LogP contribution in [-0.2, 0) is 14.3 Å². The number of ether oxygens (including phenoxy) is 1. The molecule has 0 aliphatic carbocycles. The Hall–Kier alpha value is -1.38. The van der Waals surface area contributed by atoms with Crippen LogP contribution in [0.4, 0.5) is 0 Å². The lowest BCUT2D eigenvalue weighted by atomic mass is 10.0. The molecule has 0 radical (unpaired) electrons. The Bertz CT molecular complexity index is 446. The molecule has 0 aromatic rings. The molecule has 0 saturated heterocycles. The molecule has 0 unspecified atom stereocenters. The first-order valence-corrected chi connectivity index (χ1v) is 9.78. The number of esters is 2. The van der Waals surface area contributed by atoms with Crippen LogP contribution in [0.15, 0.2) is 23.3 Å². The molecule has 0 aromatic heterocycles. The summed E-state index contributed by atoms with van der Waals surface area (Å²) in [6, 6.07) is 0. The second-order valence-corrected chi connectivity index (χ2v) is 6.76. The molecular formula is C21H34O3. The Morgan fingerprint density at radius 3 is 1.83 bits per heavy atom. The van der Waals surface area contributed by atoms with Gasteiger partial charge in [0.2, 0.25) is 0 Å². The predicted molar refractivity (Wildman–Crippen MR) is 98.6 cm³/mol. The van der Waals surface area contributed by atoms with E-state index in [1.807, 2.05) is 0 Å². The standard InChI is InChI=1S/C21H34O3/c1-3-4-5-6-7-8-9-10-11-12-13-14-15-16-17-19-18(2)20(22)24-21(19)23/h10-11H,3-9,12-17H2,1-2H3/b11-10-. The maximum atomic E-state index is 11.5. The molecular weight excluding hydrogens is 300 g/mol. The molecule has 1 aliphatic rings. The summed E-state index contributed by atoms with van der Waals surface area (Å²) in [5.41, 5.74) is 1.08. The van der Waals surface area contributed by atoms with Crippen molar-refractivity contribution in [1.29, 1.82) is 0 Å². The van der Waals surface area contributed by atoms with Crippen LogP contribution < -0.4 is 0 Å². The highest BCUT2D eigenvalue weighted by atomic mass is 16.6. The molecule has 3 nitrogen and oxygen atoms in total. The van der Waals surface area contributed by atoms with E-state index in [0.717, 1.165) is 19.3 Å². The number of rotatable bonds is 14. The zero-order chi connectivity index (χ0) is 17.6. The molecule has 1 aliphatic heterocycles. The predicted octanol–water partition coefficient (Wildman–Crippen LogP) is 6.03. The summed E-state index contributed by atoms with van der Waals surface area (Å²) in [5, 5.41) is 0. The van der Waals surface area contributed by atoms with E-state index in [-0.39, 0.29) is 0 Å². The van der Waals surface area contributed by atoms with Crippen molar-refractivity contribution in [3.8, 4) is 0 Å². The van der Waals surface area contributed by atoms with Crippen molar-refractivity contribution in [2.75, 3.05) is 0 Å². The first kappa shape index (κ1) is 20.7. The van der Waals surface area contributed by atoms with Crippen LogP contribution in [0.25, 0.3) is 0 Å². The zero-order valence-electron chi connectivity index (χ0n) is 15.6. The number of hydrogen-bond acceptors (Lipinski definition) is 3. The van der Waals surface area contributed by atoms with Gasteiger partial charge >= 0.3 is 11.9 Å².